The highest BCUT2D eigenvalue weighted by Crippen LogP contribution is 2.42. The predicted octanol–water partition coefficient (Wildman–Crippen LogP) is 2.59. The van der Waals surface area contributed by atoms with Gasteiger partial charge in [0.1, 0.15) is 0 Å². The number of hydrogen-bond donors (Lipinski definition) is 1. The molecule has 0 bridgehead atoms. The van der Waals surface area contributed by atoms with Crippen LogP contribution in [-0.2, 0) is 12.0 Å². The van der Waals surface area contributed by atoms with Gasteiger partial charge in [0.05, 0.1) is 6.10 Å². The van der Waals surface area contributed by atoms with Gasteiger partial charge in [-0.2, -0.15) is 0 Å². The largest absolute Gasteiger partial charge is 0.387 e. The van der Waals surface area contributed by atoms with Crippen molar-refractivity contribution < 1.29 is 5.11 Å². The molecule has 1 saturated heterocycles. The second kappa shape index (κ2) is 6.87. The number of pyridine rings is 1. The number of aliphatic hydroxyl groups is 1. The molecule has 3 heterocycles. The number of aromatic nitrogens is 1. The Morgan fingerprint density at radius 1 is 1.08 bits per heavy atom. The first-order chi connectivity index (χ1) is 12.2. The quantitative estimate of drug-likeness (QED) is 0.934. The van der Waals surface area contributed by atoms with Crippen LogP contribution in [0, 0.1) is 0 Å². The molecule has 1 aromatic heterocycles. The minimum atomic E-state index is -0.437. The molecule has 4 heteroatoms. The molecule has 4 nitrogen and oxygen atoms in total. The van der Waals surface area contributed by atoms with Gasteiger partial charge < -0.3 is 10.0 Å². The smallest absolute Gasteiger partial charge is 0.0918 e. The molecule has 1 atom stereocenters. The van der Waals surface area contributed by atoms with Crippen molar-refractivity contribution >= 4 is 0 Å². The van der Waals surface area contributed by atoms with Gasteiger partial charge in [0.2, 0.25) is 0 Å². The monoisotopic (exact) mass is 337 g/mol. The number of fused-ring (bicyclic) bond motifs is 2. The number of likely N-dealkylation sites (N-methyl/N-ethyl adjacent to an activating group) is 1. The molecule has 0 unspecified atom stereocenters. The van der Waals surface area contributed by atoms with E-state index in [1.165, 1.54) is 11.1 Å². The van der Waals surface area contributed by atoms with E-state index in [1.807, 2.05) is 12.1 Å². The molecule has 0 aliphatic carbocycles. The van der Waals surface area contributed by atoms with Crippen LogP contribution in [-0.4, -0.2) is 53.1 Å². The molecule has 1 fully saturated rings. The molecule has 2 aliphatic rings. The van der Waals surface area contributed by atoms with Crippen LogP contribution >= 0.6 is 0 Å². The molecule has 2 aromatic rings. The number of rotatable bonds is 3. The van der Waals surface area contributed by atoms with E-state index in [-0.39, 0.29) is 5.54 Å². The third-order valence-electron chi connectivity index (χ3n) is 6.17. The van der Waals surface area contributed by atoms with E-state index in [0.717, 1.165) is 44.5 Å². The zero-order valence-corrected chi connectivity index (χ0v) is 14.9. The Balaban J connectivity index is 1.46. The summed E-state index contributed by atoms with van der Waals surface area (Å²) >= 11 is 0. The van der Waals surface area contributed by atoms with Crippen LogP contribution in [0.4, 0.5) is 0 Å². The van der Waals surface area contributed by atoms with E-state index in [1.54, 1.807) is 12.4 Å². The number of likely N-dealkylation sites (tertiary alicyclic amines) is 1. The Kier molecular flexibility index (Phi) is 4.59. The van der Waals surface area contributed by atoms with Gasteiger partial charge in [-0.3, -0.25) is 9.88 Å². The minimum Gasteiger partial charge on any atom is -0.387 e. The van der Waals surface area contributed by atoms with Gasteiger partial charge in [0, 0.05) is 44.1 Å². The fourth-order valence-electron chi connectivity index (χ4n) is 4.59. The molecule has 25 heavy (non-hydrogen) atoms. The van der Waals surface area contributed by atoms with Crippen LogP contribution in [0.15, 0.2) is 48.8 Å². The molecule has 0 amide bonds. The lowest BCUT2D eigenvalue weighted by molar-refractivity contribution is 0.0117. The van der Waals surface area contributed by atoms with Gasteiger partial charge >= 0.3 is 0 Å². The lowest BCUT2D eigenvalue weighted by atomic mass is 9.74. The fraction of sp³-hybridized carbons (Fsp3) is 0.476. The Labute approximate surface area is 150 Å². The maximum atomic E-state index is 10.5. The molecule has 0 saturated carbocycles. The molecular weight excluding hydrogens is 310 g/mol. The van der Waals surface area contributed by atoms with Crippen molar-refractivity contribution in [2.75, 3.05) is 33.2 Å². The number of β-amino-alcohol motifs (C(OH)–C–C–N with tert-alkyl or cyclic N) is 1. The normalized spacial score (nSPS) is 21.8. The van der Waals surface area contributed by atoms with E-state index >= 15 is 0 Å². The Bertz CT molecular complexity index is 710. The van der Waals surface area contributed by atoms with E-state index in [9.17, 15) is 5.11 Å². The third-order valence-corrected chi connectivity index (χ3v) is 6.17. The van der Waals surface area contributed by atoms with Gasteiger partial charge in [-0.05, 0) is 55.1 Å². The summed E-state index contributed by atoms with van der Waals surface area (Å²) in [5.74, 6) is 0. The summed E-state index contributed by atoms with van der Waals surface area (Å²) < 4.78 is 0. The van der Waals surface area contributed by atoms with Crippen molar-refractivity contribution in [1.29, 1.82) is 0 Å². The first kappa shape index (κ1) is 16.7. The average Bonchev–Trinajstić information content (AvgIpc) is 2.67. The average molecular weight is 337 g/mol. The second-order valence-electron chi connectivity index (χ2n) is 7.46. The molecule has 2 aliphatic heterocycles. The third kappa shape index (κ3) is 3.10. The van der Waals surface area contributed by atoms with Crippen molar-refractivity contribution in [3.63, 3.8) is 0 Å². The first-order valence-electron chi connectivity index (χ1n) is 9.29. The molecule has 1 aromatic carbocycles. The minimum absolute atomic E-state index is 0.174. The zero-order valence-electron chi connectivity index (χ0n) is 14.9. The van der Waals surface area contributed by atoms with Crippen LogP contribution < -0.4 is 0 Å². The number of benzene rings is 1. The molecular formula is C21H27N3O. The second-order valence-corrected chi connectivity index (χ2v) is 7.46. The number of nitrogens with zero attached hydrogens (tertiary/aromatic N) is 3. The Morgan fingerprint density at radius 2 is 1.80 bits per heavy atom. The number of piperidine rings is 1. The molecule has 132 valence electrons. The van der Waals surface area contributed by atoms with Crippen LogP contribution in [0.3, 0.4) is 0 Å². The van der Waals surface area contributed by atoms with Crippen LogP contribution in [0.5, 0.6) is 0 Å². The highest BCUT2D eigenvalue weighted by Gasteiger charge is 2.42. The van der Waals surface area contributed by atoms with Gasteiger partial charge in [-0.1, -0.05) is 24.3 Å². The van der Waals surface area contributed by atoms with Gasteiger partial charge in [-0.15, -0.1) is 0 Å². The number of hydrogen-bond acceptors (Lipinski definition) is 4. The topological polar surface area (TPSA) is 39.6 Å². The van der Waals surface area contributed by atoms with E-state index in [0.29, 0.717) is 6.54 Å². The first-order valence-corrected chi connectivity index (χ1v) is 9.29. The van der Waals surface area contributed by atoms with Gasteiger partial charge in [0.25, 0.3) is 0 Å². The van der Waals surface area contributed by atoms with Gasteiger partial charge in [0.15, 0.2) is 0 Å². The van der Waals surface area contributed by atoms with Gasteiger partial charge in [-0.25, -0.2) is 0 Å². The van der Waals surface area contributed by atoms with Crippen molar-refractivity contribution in [2.24, 2.45) is 0 Å². The summed E-state index contributed by atoms with van der Waals surface area (Å²) in [6.45, 7) is 3.89. The lowest BCUT2D eigenvalue weighted by Gasteiger charge is -2.51. The van der Waals surface area contributed by atoms with E-state index in [4.69, 9.17) is 0 Å². The predicted molar refractivity (Wildman–Crippen MR) is 99.3 cm³/mol. The van der Waals surface area contributed by atoms with Crippen molar-refractivity contribution in [1.82, 2.24) is 14.8 Å². The van der Waals surface area contributed by atoms with Crippen LogP contribution in [0.2, 0.25) is 0 Å². The maximum Gasteiger partial charge on any atom is 0.0918 e. The maximum absolute atomic E-state index is 10.5. The molecule has 1 N–H and O–H groups in total. The summed E-state index contributed by atoms with van der Waals surface area (Å²) in [6.07, 6.45) is 6.47. The van der Waals surface area contributed by atoms with E-state index < -0.39 is 6.10 Å². The summed E-state index contributed by atoms with van der Waals surface area (Å²) in [4.78, 5) is 9.00. The number of aliphatic hydroxyl groups excluding tert-OH is 1. The van der Waals surface area contributed by atoms with Crippen molar-refractivity contribution in [3.05, 3.63) is 65.5 Å². The van der Waals surface area contributed by atoms with Crippen molar-refractivity contribution in [2.45, 2.75) is 30.9 Å². The highest BCUT2D eigenvalue weighted by atomic mass is 16.3. The molecule has 0 radical (unpaired) electrons. The molecule has 4 rings (SSSR count). The lowest BCUT2D eigenvalue weighted by Crippen LogP contribution is -2.55. The summed E-state index contributed by atoms with van der Waals surface area (Å²) in [7, 11) is 2.28. The zero-order chi connectivity index (χ0) is 17.3. The van der Waals surface area contributed by atoms with Crippen molar-refractivity contribution in [3.8, 4) is 0 Å². The Hall–Kier alpha value is -1.75. The highest BCUT2D eigenvalue weighted by molar-refractivity contribution is 5.37. The van der Waals surface area contributed by atoms with E-state index in [2.05, 4.69) is 46.1 Å². The summed E-state index contributed by atoms with van der Waals surface area (Å²) in [5.41, 5.74) is 4.17. The fourth-order valence-corrected chi connectivity index (χ4v) is 4.59. The summed E-state index contributed by atoms with van der Waals surface area (Å²) in [6, 6.07) is 12.8. The standard InChI is InChI=1S/C21H27N3O/c1-23-13-8-17-4-2-3-5-19(17)21(23)9-14-24(15-10-21)16-20(25)18-6-11-22-12-7-18/h2-7,11-12,20,25H,8-10,13-16H2,1H3/t20-/m0/s1. The SMILES string of the molecule is CN1CCc2ccccc2C12CCN(C[C@H](O)c1ccncc1)CC2. The Morgan fingerprint density at radius 3 is 2.56 bits per heavy atom. The summed E-state index contributed by atoms with van der Waals surface area (Å²) in [5, 5.41) is 10.5. The van der Waals surface area contributed by atoms with Crippen LogP contribution in [0.1, 0.15) is 35.6 Å². The van der Waals surface area contributed by atoms with Crippen LogP contribution in [0.25, 0.3) is 0 Å². The molecule has 1 spiro atoms.